The second kappa shape index (κ2) is 4.84. The summed E-state index contributed by atoms with van der Waals surface area (Å²) in [6.45, 7) is 0. The van der Waals surface area contributed by atoms with Crippen LogP contribution in [0.3, 0.4) is 0 Å². The van der Waals surface area contributed by atoms with Gasteiger partial charge in [-0.1, -0.05) is 12.1 Å². The topological polar surface area (TPSA) is 72.3 Å². The van der Waals surface area contributed by atoms with Gasteiger partial charge in [0, 0.05) is 0 Å². The Bertz CT molecular complexity index is 172. The highest BCUT2D eigenvalue weighted by atomic mass is 28.2. The number of nitrogens with two attached hydrogens (primary N) is 2. The van der Waals surface area contributed by atoms with Crippen molar-refractivity contribution in [2.45, 2.75) is 0 Å². The number of nitrogen functional groups attached to an aromatic ring is 2. The number of hydrogen-bond donors (Lipinski definition) is 3. The molecule has 1 rings (SSSR count). The SMILES string of the molecule is Nc1ccccc1N.O[Si]. The summed E-state index contributed by atoms with van der Waals surface area (Å²) in [6, 6.07) is 7.25. The zero-order valence-electron chi connectivity index (χ0n) is 5.41. The van der Waals surface area contributed by atoms with E-state index in [0.29, 0.717) is 11.4 Å². The lowest BCUT2D eigenvalue weighted by atomic mass is 10.3. The largest absolute Gasteiger partial charge is 0.433 e. The molecule has 0 bridgehead atoms. The standard InChI is InChI=1S/C6H8N2.HOSi/c7-5-3-1-2-4-6(5)8;1-2/h1-4H,7-8H2;1H. The summed E-state index contributed by atoms with van der Waals surface area (Å²) in [4.78, 5) is 6.81. The van der Waals surface area contributed by atoms with Crippen molar-refractivity contribution < 1.29 is 4.80 Å². The monoisotopic (exact) mass is 153 g/mol. The van der Waals surface area contributed by atoms with Crippen LogP contribution in [0.2, 0.25) is 0 Å². The number of para-hydroxylation sites is 2. The lowest BCUT2D eigenvalue weighted by molar-refractivity contribution is 0.629. The van der Waals surface area contributed by atoms with Crippen LogP contribution in [-0.2, 0) is 0 Å². The molecule has 4 heteroatoms. The first kappa shape index (κ1) is 9.00. The molecule has 10 heavy (non-hydrogen) atoms. The van der Waals surface area contributed by atoms with Crippen LogP contribution in [0.4, 0.5) is 11.4 Å². The van der Waals surface area contributed by atoms with Crippen molar-refractivity contribution in [3.05, 3.63) is 24.3 Å². The third kappa shape index (κ3) is 2.52. The van der Waals surface area contributed by atoms with Crippen LogP contribution in [0, 0.1) is 0 Å². The molecule has 0 atom stereocenters. The Morgan fingerprint density at radius 2 is 1.30 bits per heavy atom. The van der Waals surface area contributed by atoms with Crippen LogP contribution < -0.4 is 11.5 Å². The lowest BCUT2D eigenvalue weighted by Gasteiger charge is -1.94. The van der Waals surface area contributed by atoms with Crippen LogP contribution in [-0.4, -0.2) is 15.3 Å². The van der Waals surface area contributed by atoms with Gasteiger partial charge in [-0.25, -0.2) is 0 Å². The molecule has 0 heterocycles. The van der Waals surface area contributed by atoms with Gasteiger partial charge in [0.05, 0.1) is 11.4 Å². The maximum Gasteiger partial charge on any atom is 0.240 e. The maximum absolute atomic E-state index is 6.81. The molecule has 0 unspecified atom stereocenters. The first-order valence-corrected chi connectivity index (χ1v) is 3.08. The van der Waals surface area contributed by atoms with E-state index in [9.17, 15) is 0 Å². The number of benzene rings is 1. The van der Waals surface area contributed by atoms with Gasteiger partial charge in [0.1, 0.15) is 0 Å². The summed E-state index contributed by atoms with van der Waals surface area (Å²) >= 11 is 0. The highest BCUT2D eigenvalue weighted by molar-refractivity contribution is 5.95. The minimum absolute atomic E-state index is 0.646. The van der Waals surface area contributed by atoms with Crippen molar-refractivity contribution in [1.82, 2.24) is 0 Å². The van der Waals surface area contributed by atoms with Crippen LogP contribution in [0.5, 0.6) is 0 Å². The van der Waals surface area contributed by atoms with Gasteiger partial charge in [0.15, 0.2) is 0 Å². The molecule has 3 nitrogen and oxygen atoms in total. The fourth-order valence-electron chi connectivity index (χ4n) is 0.511. The quantitative estimate of drug-likeness (QED) is 0.360. The van der Waals surface area contributed by atoms with Gasteiger partial charge in [-0.05, 0) is 12.1 Å². The van der Waals surface area contributed by atoms with Gasteiger partial charge in [-0.2, -0.15) is 0 Å². The van der Waals surface area contributed by atoms with Crippen molar-refractivity contribution in [3.8, 4) is 0 Å². The molecule has 1 aromatic carbocycles. The van der Waals surface area contributed by atoms with Crippen molar-refractivity contribution in [1.29, 1.82) is 0 Å². The van der Waals surface area contributed by atoms with Crippen molar-refractivity contribution >= 4 is 21.9 Å². The number of rotatable bonds is 0. The van der Waals surface area contributed by atoms with Crippen LogP contribution in [0.25, 0.3) is 0 Å². The fraction of sp³-hybridized carbons (Fsp3) is 0. The summed E-state index contributed by atoms with van der Waals surface area (Å²) in [5, 5.41) is 0. The van der Waals surface area contributed by atoms with Gasteiger partial charge in [-0.15, -0.1) is 0 Å². The smallest absolute Gasteiger partial charge is 0.240 e. The van der Waals surface area contributed by atoms with E-state index in [0.717, 1.165) is 0 Å². The molecule has 0 saturated carbocycles. The van der Waals surface area contributed by atoms with E-state index in [1.54, 1.807) is 12.1 Å². The summed E-state index contributed by atoms with van der Waals surface area (Å²) in [5.41, 5.74) is 12.1. The summed E-state index contributed by atoms with van der Waals surface area (Å²) in [7, 11) is 1.97. The van der Waals surface area contributed by atoms with Crippen LogP contribution in [0.1, 0.15) is 0 Å². The van der Waals surface area contributed by atoms with Gasteiger partial charge in [0.25, 0.3) is 0 Å². The predicted molar refractivity (Wildman–Crippen MR) is 43.2 cm³/mol. The first-order valence-electron chi connectivity index (χ1n) is 2.63. The molecule has 0 aromatic heterocycles. The highest BCUT2D eigenvalue weighted by Gasteiger charge is 1.85. The van der Waals surface area contributed by atoms with E-state index >= 15 is 0 Å². The second-order valence-electron chi connectivity index (χ2n) is 1.63. The fourth-order valence-corrected chi connectivity index (χ4v) is 0.511. The van der Waals surface area contributed by atoms with E-state index in [-0.39, 0.29) is 0 Å². The van der Waals surface area contributed by atoms with Crippen molar-refractivity contribution in [2.24, 2.45) is 0 Å². The first-order chi connectivity index (χ1) is 4.80. The third-order valence-electron chi connectivity index (χ3n) is 0.996. The molecule has 0 aliphatic rings. The second-order valence-corrected chi connectivity index (χ2v) is 1.63. The maximum atomic E-state index is 6.81. The number of anilines is 2. The number of hydrogen-bond acceptors (Lipinski definition) is 3. The summed E-state index contributed by atoms with van der Waals surface area (Å²) in [6.07, 6.45) is 0. The predicted octanol–water partition coefficient (Wildman–Crippen LogP) is -0.0868. The Kier molecular flexibility index (Phi) is 4.35. The average Bonchev–Trinajstić information content (AvgIpc) is 2.00. The highest BCUT2D eigenvalue weighted by Crippen LogP contribution is 2.10. The molecule has 0 aliphatic carbocycles. The van der Waals surface area contributed by atoms with Gasteiger partial charge in [-0.3, -0.25) is 0 Å². The van der Waals surface area contributed by atoms with Crippen LogP contribution >= 0.6 is 0 Å². The molecule has 0 aliphatic heterocycles. The molecule has 0 spiro atoms. The molecule has 53 valence electrons. The van der Waals surface area contributed by atoms with Crippen LogP contribution in [0.15, 0.2) is 24.3 Å². The minimum atomic E-state index is 0.646. The summed E-state index contributed by atoms with van der Waals surface area (Å²) < 4.78 is 0. The molecule has 5 N–H and O–H groups in total. The Hall–Kier alpha value is -1.00. The lowest BCUT2D eigenvalue weighted by Crippen LogP contribution is -1.91. The van der Waals surface area contributed by atoms with E-state index in [1.807, 2.05) is 22.6 Å². The van der Waals surface area contributed by atoms with Crippen molar-refractivity contribution in [2.75, 3.05) is 11.5 Å². The minimum Gasteiger partial charge on any atom is -0.433 e. The Morgan fingerprint density at radius 1 is 1.00 bits per heavy atom. The molecule has 0 saturated heterocycles. The normalized spacial score (nSPS) is 7.80. The van der Waals surface area contributed by atoms with E-state index in [1.165, 1.54) is 0 Å². The van der Waals surface area contributed by atoms with Crippen molar-refractivity contribution in [3.63, 3.8) is 0 Å². The van der Waals surface area contributed by atoms with Gasteiger partial charge >= 0.3 is 0 Å². The Morgan fingerprint density at radius 3 is 1.50 bits per heavy atom. The molecule has 0 amide bonds. The van der Waals surface area contributed by atoms with E-state index in [4.69, 9.17) is 16.3 Å². The van der Waals surface area contributed by atoms with E-state index < -0.39 is 0 Å². The van der Waals surface area contributed by atoms with E-state index in [2.05, 4.69) is 0 Å². The average molecular weight is 153 g/mol. The molecular formula is C6H9N2OSi. The zero-order chi connectivity index (χ0) is 7.98. The summed E-state index contributed by atoms with van der Waals surface area (Å²) in [5.74, 6) is 0. The third-order valence-corrected chi connectivity index (χ3v) is 0.996. The van der Waals surface area contributed by atoms with Gasteiger partial charge < -0.3 is 16.3 Å². The Labute approximate surface area is 63.2 Å². The molecular weight excluding hydrogens is 144 g/mol. The molecule has 0 fully saturated rings. The van der Waals surface area contributed by atoms with Gasteiger partial charge in [0.2, 0.25) is 10.5 Å². The Balaban J connectivity index is 0.000000371. The molecule has 1 aromatic rings. The zero-order valence-corrected chi connectivity index (χ0v) is 6.41. The molecule has 3 radical (unpaired) electrons.